The van der Waals surface area contributed by atoms with E-state index in [-0.39, 0.29) is 40.5 Å². The van der Waals surface area contributed by atoms with Crippen LogP contribution in [0.2, 0.25) is 0 Å². The molecule has 0 radical (unpaired) electrons. The smallest absolute Gasteiger partial charge is 0.385 e. The Morgan fingerprint density at radius 2 is 1.73 bits per heavy atom. The van der Waals surface area contributed by atoms with E-state index in [0.717, 1.165) is 6.33 Å². The minimum atomic E-state index is -4.95. The summed E-state index contributed by atoms with van der Waals surface area (Å²) in [6.45, 7) is -0.552. The van der Waals surface area contributed by atoms with E-state index < -0.39 is 77.1 Å². The van der Waals surface area contributed by atoms with Gasteiger partial charge in [-0.2, -0.15) is 4.98 Å². The number of H-pyrrole nitrogens is 1. The molecule has 3 aliphatic heterocycles. The van der Waals surface area contributed by atoms with Crippen LogP contribution in [0.15, 0.2) is 23.8 Å². The number of hydrogen-bond donors (Lipinski definition) is 6. The molecule has 0 aromatic carbocycles. The van der Waals surface area contributed by atoms with E-state index in [9.17, 15) is 28.8 Å². The monoisotopic (exact) mass is 658 g/mol. The molecule has 2 bridgehead atoms. The number of aromatic amines is 1. The second kappa shape index (κ2) is 10.6. The Balaban J connectivity index is 1.19. The molecule has 3 fully saturated rings. The number of imidazole rings is 2. The van der Waals surface area contributed by atoms with Crippen LogP contribution in [-0.2, 0) is 36.9 Å². The van der Waals surface area contributed by atoms with Gasteiger partial charge in [0.25, 0.3) is 5.56 Å². The molecule has 44 heavy (non-hydrogen) atoms. The SMILES string of the molecule is Nc1nc2c(ncn2[C@@H]2O[C@@H]3COP(=O)(O)OC4[C@@H](OCP(=O)(O)O[C@H]2C3)O[C@@H](n2cnc3c(N)ncnc32)[C@H]4O)c(=O)[nH]1. The van der Waals surface area contributed by atoms with Gasteiger partial charge in [-0.25, -0.2) is 24.5 Å². The first kappa shape index (κ1) is 29.3. The van der Waals surface area contributed by atoms with Crippen molar-refractivity contribution >= 4 is 49.5 Å². The second-order valence-corrected chi connectivity index (χ2v) is 13.2. The van der Waals surface area contributed by atoms with E-state index in [2.05, 4.69) is 29.9 Å². The van der Waals surface area contributed by atoms with E-state index in [1.165, 1.54) is 21.8 Å². The fourth-order valence-electron chi connectivity index (χ4n) is 5.21. The van der Waals surface area contributed by atoms with Gasteiger partial charge in [0.2, 0.25) is 5.95 Å². The van der Waals surface area contributed by atoms with Crippen molar-refractivity contribution in [2.45, 2.75) is 49.6 Å². The molecule has 0 saturated carbocycles. The molecule has 3 aliphatic rings. The quantitative estimate of drug-likeness (QED) is 0.136. The summed E-state index contributed by atoms with van der Waals surface area (Å²) in [5, 5.41) is 11.1. The lowest BCUT2D eigenvalue weighted by molar-refractivity contribution is -0.167. The molecule has 22 nitrogen and oxygen atoms in total. The maximum Gasteiger partial charge on any atom is 0.472 e. The van der Waals surface area contributed by atoms with E-state index >= 15 is 0 Å². The number of nitrogen functional groups attached to an aromatic ring is 2. The van der Waals surface area contributed by atoms with Gasteiger partial charge in [-0.15, -0.1) is 0 Å². The average Bonchev–Trinajstić information content (AvgIpc) is 3.72. The average molecular weight is 658 g/mol. The number of phosphoric acid groups is 1. The zero-order valence-electron chi connectivity index (χ0n) is 22.1. The summed E-state index contributed by atoms with van der Waals surface area (Å²) >= 11 is 0. The highest BCUT2D eigenvalue weighted by Crippen LogP contribution is 2.53. The normalized spacial score (nSPS) is 36.6. The number of nitrogens with zero attached hydrogens (tertiary/aromatic N) is 7. The van der Waals surface area contributed by atoms with Crippen LogP contribution in [0.25, 0.3) is 22.3 Å². The topological polar surface area (TPSA) is 309 Å². The Morgan fingerprint density at radius 3 is 2.52 bits per heavy atom. The zero-order valence-corrected chi connectivity index (χ0v) is 23.9. The van der Waals surface area contributed by atoms with Crippen molar-refractivity contribution in [1.29, 1.82) is 0 Å². The molecule has 0 amide bonds. The predicted octanol–water partition coefficient (Wildman–Crippen LogP) is -1.31. The third kappa shape index (κ3) is 5.18. The lowest BCUT2D eigenvalue weighted by Gasteiger charge is -2.26. The molecule has 236 valence electrons. The van der Waals surface area contributed by atoms with Gasteiger partial charge in [0.15, 0.2) is 53.8 Å². The number of aliphatic hydroxyl groups is 1. The third-order valence-corrected chi connectivity index (χ3v) is 9.14. The van der Waals surface area contributed by atoms with Crippen molar-refractivity contribution in [1.82, 2.24) is 39.0 Å². The first-order chi connectivity index (χ1) is 20.9. The molecular weight excluding hydrogens is 634 g/mol. The Labute approximate surface area is 244 Å². The van der Waals surface area contributed by atoms with Gasteiger partial charge < -0.3 is 40.6 Å². The van der Waals surface area contributed by atoms with E-state index in [1.807, 2.05) is 0 Å². The van der Waals surface area contributed by atoms with Crippen LogP contribution in [0.5, 0.6) is 0 Å². The number of rotatable bonds is 2. The summed E-state index contributed by atoms with van der Waals surface area (Å²) in [4.78, 5) is 56.0. The predicted molar refractivity (Wildman–Crippen MR) is 142 cm³/mol. The van der Waals surface area contributed by atoms with E-state index in [1.54, 1.807) is 0 Å². The Hall–Kier alpha value is -3.40. The van der Waals surface area contributed by atoms with Gasteiger partial charge in [0, 0.05) is 6.42 Å². The fraction of sp³-hybridized carbons (Fsp3) is 0.500. The molecule has 3 saturated heterocycles. The summed E-state index contributed by atoms with van der Waals surface area (Å²) in [7, 11) is -9.59. The lowest BCUT2D eigenvalue weighted by Crippen LogP contribution is -2.35. The van der Waals surface area contributed by atoms with Crippen molar-refractivity contribution in [2.75, 3.05) is 24.4 Å². The van der Waals surface area contributed by atoms with Gasteiger partial charge in [0.1, 0.15) is 24.1 Å². The maximum absolute atomic E-state index is 13.2. The molecule has 0 aliphatic carbocycles. The largest absolute Gasteiger partial charge is 0.472 e. The van der Waals surface area contributed by atoms with Gasteiger partial charge in [-0.1, -0.05) is 0 Å². The molecule has 7 heterocycles. The summed E-state index contributed by atoms with van der Waals surface area (Å²) < 4.78 is 62.0. The van der Waals surface area contributed by atoms with Gasteiger partial charge >= 0.3 is 15.4 Å². The van der Waals surface area contributed by atoms with Crippen LogP contribution >= 0.6 is 15.4 Å². The molecule has 24 heteroatoms. The lowest BCUT2D eigenvalue weighted by atomic mass is 10.2. The van der Waals surface area contributed by atoms with Gasteiger partial charge in [-0.05, 0) is 0 Å². The number of aromatic nitrogens is 8. The van der Waals surface area contributed by atoms with Crippen LogP contribution in [-0.4, -0.2) is 97.6 Å². The molecule has 7 rings (SSSR count). The molecule has 3 unspecified atom stereocenters. The van der Waals surface area contributed by atoms with Crippen LogP contribution in [0.4, 0.5) is 11.8 Å². The van der Waals surface area contributed by atoms with Crippen LogP contribution < -0.4 is 17.0 Å². The Bertz CT molecular complexity index is 1900. The standard InChI is InChI=1S/C20H24N10O12P2/c21-13-9-14(24-3-23-13)29(4-25-9)18-11(31)12-19(40-18)37-6-43(33,34)41-8-1-7(2-38-44(35,36)42-12)39-17(8)30-5-26-10-15(30)27-20(22)28-16(10)32/h3-5,7-8,11-12,17-19,31H,1-2,6H2,(H,33,34)(H,35,36)(H2,21,23,24)(H3,22,27,28,32)/t7-,8-,11-,12?,17+,18+,19-/m0/s1. The Morgan fingerprint density at radius 1 is 0.977 bits per heavy atom. The number of nitrogens with one attached hydrogen (secondary N) is 1. The number of fused-ring (bicyclic) bond motifs is 5. The third-order valence-electron chi connectivity index (χ3n) is 7.08. The van der Waals surface area contributed by atoms with Crippen molar-refractivity contribution < 1.29 is 51.8 Å². The molecule has 8 N–H and O–H groups in total. The number of nitrogens with two attached hydrogens (primary N) is 2. The number of hydrogen-bond acceptors (Lipinski definition) is 17. The first-order valence-electron chi connectivity index (χ1n) is 12.8. The van der Waals surface area contributed by atoms with E-state index in [0.29, 0.717) is 0 Å². The summed E-state index contributed by atoms with van der Waals surface area (Å²) in [6, 6.07) is 0. The van der Waals surface area contributed by atoms with Crippen LogP contribution in [0.1, 0.15) is 18.9 Å². The minimum absolute atomic E-state index is 0.00556. The number of ether oxygens (including phenoxy) is 3. The van der Waals surface area contributed by atoms with Crippen molar-refractivity contribution in [3.63, 3.8) is 0 Å². The summed E-state index contributed by atoms with van der Waals surface area (Å²) in [5.41, 5.74) is 11.1. The number of aliphatic hydroxyl groups excluding tert-OH is 1. The molecule has 9 atom stereocenters. The van der Waals surface area contributed by atoms with E-state index in [4.69, 9.17) is 39.2 Å². The minimum Gasteiger partial charge on any atom is -0.385 e. The highest BCUT2D eigenvalue weighted by molar-refractivity contribution is 7.52. The summed E-state index contributed by atoms with van der Waals surface area (Å²) in [5.74, 6) is -0.166. The van der Waals surface area contributed by atoms with Crippen molar-refractivity contribution in [2.24, 2.45) is 0 Å². The second-order valence-electron chi connectivity index (χ2n) is 10.0. The fourth-order valence-corrected chi connectivity index (χ4v) is 7.17. The van der Waals surface area contributed by atoms with Gasteiger partial charge in [-0.3, -0.25) is 37.0 Å². The molecule has 0 spiro atoms. The highest BCUT2D eigenvalue weighted by atomic mass is 31.2. The maximum atomic E-state index is 13.2. The van der Waals surface area contributed by atoms with Crippen LogP contribution in [0.3, 0.4) is 0 Å². The molecule has 4 aromatic heterocycles. The molecule has 4 aromatic rings. The zero-order chi connectivity index (χ0) is 31.0. The molecular formula is C20H24N10O12P2. The Kier molecular flexibility index (Phi) is 7.06. The van der Waals surface area contributed by atoms with Crippen LogP contribution in [0, 0.1) is 0 Å². The highest BCUT2D eigenvalue weighted by Gasteiger charge is 2.52. The number of anilines is 2. The van der Waals surface area contributed by atoms with Crippen molar-refractivity contribution in [3.8, 4) is 0 Å². The summed E-state index contributed by atoms with van der Waals surface area (Å²) in [6.07, 6.45) is -7.33. The van der Waals surface area contributed by atoms with Gasteiger partial charge in [0.05, 0.1) is 25.4 Å². The van der Waals surface area contributed by atoms with Crippen molar-refractivity contribution in [3.05, 3.63) is 29.3 Å². The number of phosphoric ester groups is 1. The first-order valence-corrected chi connectivity index (χ1v) is 16.1.